The number of nitrogens with one attached hydrogen (secondary N) is 1. The number of esters is 1. The van der Waals surface area contributed by atoms with E-state index >= 15 is 0 Å². The summed E-state index contributed by atoms with van der Waals surface area (Å²) in [7, 11) is 4.05. The lowest BCUT2D eigenvalue weighted by molar-refractivity contribution is 0.0371. The van der Waals surface area contributed by atoms with E-state index in [-0.39, 0.29) is 11.8 Å². The topological polar surface area (TPSA) is 67.3 Å². The van der Waals surface area contributed by atoms with Crippen LogP contribution in [0.5, 0.6) is 0 Å². The van der Waals surface area contributed by atoms with Crippen molar-refractivity contribution in [2.75, 3.05) is 32.5 Å². The summed E-state index contributed by atoms with van der Waals surface area (Å²) in [5.74, 6) is 0.0331. The van der Waals surface area contributed by atoms with Crippen molar-refractivity contribution in [3.63, 3.8) is 0 Å². The minimum atomic E-state index is -0.422. The van der Waals surface area contributed by atoms with E-state index in [4.69, 9.17) is 4.74 Å². The molecular formula is C13H22N4O2. The molecule has 0 aliphatic heterocycles. The summed E-state index contributed by atoms with van der Waals surface area (Å²) in [6, 6.07) is 1.55. The van der Waals surface area contributed by atoms with Crippen LogP contribution in [-0.4, -0.2) is 54.1 Å². The molecular weight excluding hydrogens is 244 g/mol. The van der Waals surface area contributed by atoms with E-state index in [1.807, 2.05) is 14.1 Å². The van der Waals surface area contributed by atoms with Crippen LogP contribution < -0.4 is 5.32 Å². The molecule has 0 saturated heterocycles. The summed E-state index contributed by atoms with van der Waals surface area (Å²) >= 11 is 0. The minimum absolute atomic E-state index is 0.154. The number of anilines is 1. The maximum Gasteiger partial charge on any atom is 0.357 e. The van der Waals surface area contributed by atoms with Gasteiger partial charge in [0.05, 0.1) is 6.10 Å². The van der Waals surface area contributed by atoms with E-state index in [1.165, 1.54) is 0 Å². The van der Waals surface area contributed by atoms with Gasteiger partial charge in [-0.25, -0.2) is 14.8 Å². The predicted octanol–water partition coefficient (Wildman–Crippen LogP) is 1.41. The molecule has 1 aromatic heterocycles. The van der Waals surface area contributed by atoms with Crippen molar-refractivity contribution in [1.82, 2.24) is 14.9 Å². The monoisotopic (exact) mass is 266 g/mol. The first kappa shape index (κ1) is 15.4. The molecule has 0 saturated carbocycles. The zero-order valence-electron chi connectivity index (χ0n) is 12.0. The summed E-state index contributed by atoms with van der Waals surface area (Å²) in [6.07, 6.45) is 2.38. The Bertz CT molecular complexity index is 407. The molecule has 6 nitrogen and oxygen atoms in total. The van der Waals surface area contributed by atoms with Gasteiger partial charge < -0.3 is 15.0 Å². The van der Waals surface area contributed by atoms with Gasteiger partial charge in [0.25, 0.3) is 0 Å². The lowest BCUT2D eigenvalue weighted by Gasteiger charge is -2.10. The first-order valence-electron chi connectivity index (χ1n) is 6.41. The molecule has 1 N–H and O–H groups in total. The second kappa shape index (κ2) is 7.68. The molecule has 0 bridgehead atoms. The third kappa shape index (κ3) is 6.15. The number of ether oxygens (including phenoxy) is 1. The summed E-state index contributed by atoms with van der Waals surface area (Å²) in [6.45, 7) is 5.36. The Kier molecular flexibility index (Phi) is 6.21. The first-order chi connectivity index (χ1) is 8.99. The quantitative estimate of drug-likeness (QED) is 0.594. The average Bonchev–Trinajstić information content (AvgIpc) is 2.34. The molecule has 0 spiro atoms. The van der Waals surface area contributed by atoms with E-state index in [9.17, 15) is 4.79 Å². The normalized spacial score (nSPS) is 10.8. The zero-order valence-corrected chi connectivity index (χ0v) is 12.0. The van der Waals surface area contributed by atoms with Gasteiger partial charge in [-0.15, -0.1) is 0 Å². The second-order valence-corrected chi connectivity index (χ2v) is 4.80. The SMILES string of the molecule is CC(C)OC(=O)c1ccnc(NCCCN(C)C)n1. The van der Waals surface area contributed by atoms with Gasteiger partial charge in [0.2, 0.25) is 5.95 Å². The Morgan fingerprint density at radius 1 is 1.47 bits per heavy atom. The number of nitrogens with zero attached hydrogens (tertiary/aromatic N) is 3. The molecule has 0 fully saturated rings. The van der Waals surface area contributed by atoms with E-state index in [0.29, 0.717) is 5.95 Å². The Hall–Kier alpha value is -1.69. The van der Waals surface area contributed by atoms with Gasteiger partial charge in [-0.05, 0) is 47.0 Å². The van der Waals surface area contributed by atoms with Gasteiger partial charge in [0.1, 0.15) is 0 Å². The smallest absolute Gasteiger partial charge is 0.357 e. The van der Waals surface area contributed by atoms with Crippen LogP contribution in [0.15, 0.2) is 12.3 Å². The maximum absolute atomic E-state index is 11.7. The Morgan fingerprint density at radius 3 is 2.84 bits per heavy atom. The Morgan fingerprint density at radius 2 is 2.21 bits per heavy atom. The van der Waals surface area contributed by atoms with Crippen LogP contribution in [0.3, 0.4) is 0 Å². The molecule has 0 aromatic carbocycles. The third-order valence-corrected chi connectivity index (χ3v) is 2.27. The van der Waals surface area contributed by atoms with Crippen molar-refractivity contribution in [2.24, 2.45) is 0 Å². The standard InChI is InChI=1S/C13H22N4O2/c1-10(2)19-12(18)11-6-8-15-13(16-11)14-7-5-9-17(3)4/h6,8,10H,5,7,9H2,1-4H3,(H,14,15,16). The van der Waals surface area contributed by atoms with Crippen molar-refractivity contribution in [1.29, 1.82) is 0 Å². The van der Waals surface area contributed by atoms with Gasteiger partial charge in [-0.3, -0.25) is 0 Å². The molecule has 1 rings (SSSR count). The van der Waals surface area contributed by atoms with Gasteiger partial charge in [0.15, 0.2) is 5.69 Å². The van der Waals surface area contributed by atoms with E-state index in [1.54, 1.807) is 26.1 Å². The van der Waals surface area contributed by atoms with Gasteiger partial charge >= 0.3 is 5.97 Å². The van der Waals surface area contributed by atoms with Crippen LogP contribution in [0.4, 0.5) is 5.95 Å². The third-order valence-electron chi connectivity index (χ3n) is 2.27. The van der Waals surface area contributed by atoms with E-state index in [0.717, 1.165) is 19.5 Å². The van der Waals surface area contributed by atoms with Crippen molar-refractivity contribution >= 4 is 11.9 Å². The molecule has 1 heterocycles. The van der Waals surface area contributed by atoms with Crippen LogP contribution in [0.1, 0.15) is 30.8 Å². The number of hydrogen-bond donors (Lipinski definition) is 1. The fraction of sp³-hybridized carbons (Fsp3) is 0.615. The molecule has 0 radical (unpaired) electrons. The molecule has 0 aliphatic carbocycles. The zero-order chi connectivity index (χ0) is 14.3. The van der Waals surface area contributed by atoms with Crippen LogP contribution in [0.25, 0.3) is 0 Å². The number of hydrogen-bond acceptors (Lipinski definition) is 6. The van der Waals surface area contributed by atoms with Crippen LogP contribution >= 0.6 is 0 Å². The van der Waals surface area contributed by atoms with Crippen molar-refractivity contribution in [2.45, 2.75) is 26.4 Å². The summed E-state index contributed by atoms with van der Waals surface area (Å²) in [4.78, 5) is 22.0. The highest BCUT2D eigenvalue weighted by atomic mass is 16.5. The number of carbonyl (C=O) groups excluding carboxylic acids is 1. The summed E-state index contributed by atoms with van der Waals surface area (Å²) in [5, 5.41) is 3.09. The van der Waals surface area contributed by atoms with Crippen LogP contribution in [0.2, 0.25) is 0 Å². The molecule has 106 valence electrons. The largest absolute Gasteiger partial charge is 0.458 e. The number of carbonyl (C=O) groups is 1. The molecule has 0 unspecified atom stereocenters. The molecule has 0 aliphatic rings. The van der Waals surface area contributed by atoms with Crippen LogP contribution in [0, 0.1) is 0 Å². The number of rotatable bonds is 7. The Balaban J connectivity index is 2.50. The fourth-order valence-electron chi connectivity index (χ4n) is 1.43. The first-order valence-corrected chi connectivity index (χ1v) is 6.41. The van der Waals surface area contributed by atoms with E-state index in [2.05, 4.69) is 20.2 Å². The predicted molar refractivity (Wildman–Crippen MR) is 74.2 cm³/mol. The lowest BCUT2D eigenvalue weighted by Crippen LogP contribution is -2.18. The minimum Gasteiger partial charge on any atom is -0.458 e. The van der Waals surface area contributed by atoms with Crippen molar-refractivity contribution < 1.29 is 9.53 Å². The molecule has 6 heteroatoms. The fourth-order valence-corrected chi connectivity index (χ4v) is 1.43. The van der Waals surface area contributed by atoms with Gasteiger partial charge in [-0.2, -0.15) is 0 Å². The molecule has 1 aromatic rings. The highest BCUT2D eigenvalue weighted by molar-refractivity contribution is 5.87. The number of aromatic nitrogens is 2. The average molecular weight is 266 g/mol. The molecule has 0 atom stereocenters. The molecule has 19 heavy (non-hydrogen) atoms. The summed E-state index contributed by atoms with van der Waals surface area (Å²) in [5.41, 5.74) is 0.277. The van der Waals surface area contributed by atoms with Gasteiger partial charge in [0, 0.05) is 12.7 Å². The molecule has 0 amide bonds. The van der Waals surface area contributed by atoms with Crippen LogP contribution in [-0.2, 0) is 4.74 Å². The highest BCUT2D eigenvalue weighted by Crippen LogP contribution is 2.04. The van der Waals surface area contributed by atoms with E-state index < -0.39 is 5.97 Å². The van der Waals surface area contributed by atoms with Crippen molar-refractivity contribution in [3.8, 4) is 0 Å². The lowest BCUT2D eigenvalue weighted by atomic mass is 10.4. The highest BCUT2D eigenvalue weighted by Gasteiger charge is 2.11. The van der Waals surface area contributed by atoms with Gasteiger partial charge in [-0.1, -0.05) is 0 Å². The maximum atomic E-state index is 11.7. The Labute approximate surface area is 114 Å². The summed E-state index contributed by atoms with van der Waals surface area (Å²) < 4.78 is 5.08. The van der Waals surface area contributed by atoms with Crippen molar-refractivity contribution in [3.05, 3.63) is 18.0 Å². The second-order valence-electron chi connectivity index (χ2n) is 4.80.